The molecule has 0 radical (unpaired) electrons. The van der Waals surface area contributed by atoms with Crippen LogP contribution >= 0.6 is 0 Å². The van der Waals surface area contributed by atoms with Crippen molar-refractivity contribution < 1.29 is 4.52 Å². The number of aliphatic imine (C=N–C) groups is 1. The van der Waals surface area contributed by atoms with Gasteiger partial charge in [0.05, 0.1) is 5.69 Å². The Hall–Kier alpha value is -2.38. The van der Waals surface area contributed by atoms with Crippen molar-refractivity contribution in [2.24, 2.45) is 10.9 Å². The molecule has 1 aliphatic heterocycles. The van der Waals surface area contributed by atoms with E-state index in [9.17, 15) is 0 Å². The van der Waals surface area contributed by atoms with Crippen molar-refractivity contribution in [3.05, 3.63) is 28.7 Å². The fraction of sp³-hybridized carbons (Fsp3) is 0.625. The molecule has 1 atom stereocenters. The van der Waals surface area contributed by atoms with Crippen molar-refractivity contribution in [3.63, 3.8) is 0 Å². The smallest absolute Gasteiger partial charge is 0.191 e. The van der Waals surface area contributed by atoms with Crippen molar-refractivity contribution in [2.45, 2.75) is 46.7 Å². The number of rotatable bonds is 4. The van der Waals surface area contributed by atoms with Crippen LogP contribution in [0.25, 0.3) is 0 Å². The van der Waals surface area contributed by atoms with Gasteiger partial charge in [-0.2, -0.15) is 0 Å². The average Bonchev–Trinajstić information content (AvgIpc) is 3.11. The van der Waals surface area contributed by atoms with Crippen molar-refractivity contribution >= 4 is 5.96 Å². The Morgan fingerprint density at radius 3 is 2.83 bits per heavy atom. The molecule has 0 aliphatic carbocycles. The van der Waals surface area contributed by atoms with E-state index in [-0.39, 0.29) is 0 Å². The second-order valence-electron chi connectivity index (χ2n) is 6.29. The van der Waals surface area contributed by atoms with E-state index in [1.807, 2.05) is 20.8 Å². The Morgan fingerprint density at radius 2 is 2.12 bits per heavy atom. The molecule has 2 aromatic rings. The first kappa shape index (κ1) is 16.5. The van der Waals surface area contributed by atoms with Crippen molar-refractivity contribution in [3.8, 4) is 0 Å². The lowest BCUT2D eigenvalue weighted by Gasteiger charge is -2.25. The average molecular weight is 331 g/mol. The van der Waals surface area contributed by atoms with E-state index in [4.69, 9.17) is 4.52 Å². The molecule has 0 amide bonds. The number of guanidine groups is 1. The quantitative estimate of drug-likeness (QED) is 0.644. The molecule has 130 valence electrons. The molecular weight excluding hydrogens is 306 g/mol. The third-order valence-electron chi connectivity index (χ3n) is 4.62. The highest BCUT2D eigenvalue weighted by molar-refractivity contribution is 5.79. The highest BCUT2D eigenvalue weighted by atomic mass is 16.5. The minimum atomic E-state index is 0.546. The van der Waals surface area contributed by atoms with Gasteiger partial charge >= 0.3 is 0 Å². The van der Waals surface area contributed by atoms with Crippen LogP contribution in [0.3, 0.4) is 0 Å². The zero-order valence-electron chi connectivity index (χ0n) is 14.8. The molecule has 8 nitrogen and oxygen atoms in total. The molecule has 0 fully saturated rings. The molecule has 3 rings (SSSR count). The van der Waals surface area contributed by atoms with Crippen LogP contribution < -0.4 is 10.6 Å². The summed E-state index contributed by atoms with van der Waals surface area (Å²) in [6.07, 6.45) is 2.10. The van der Waals surface area contributed by atoms with E-state index < -0.39 is 0 Å². The first-order chi connectivity index (χ1) is 11.6. The van der Waals surface area contributed by atoms with Gasteiger partial charge in [-0.05, 0) is 33.1 Å². The fourth-order valence-electron chi connectivity index (χ4n) is 3.08. The van der Waals surface area contributed by atoms with Crippen LogP contribution in [0.1, 0.15) is 35.1 Å². The van der Waals surface area contributed by atoms with Gasteiger partial charge < -0.3 is 19.7 Å². The molecule has 24 heavy (non-hydrogen) atoms. The fourth-order valence-corrected chi connectivity index (χ4v) is 3.08. The molecule has 3 heterocycles. The molecule has 2 aromatic heterocycles. The van der Waals surface area contributed by atoms with E-state index in [1.165, 1.54) is 0 Å². The normalized spacial score (nSPS) is 17.7. The summed E-state index contributed by atoms with van der Waals surface area (Å²) < 4.78 is 7.41. The van der Waals surface area contributed by atoms with Crippen LogP contribution in [-0.4, -0.2) is 39.5 Å². The minimum Gasteiger partial charge on any atom is -0.361 e. The monoisotopic (exact) mass is 331 g/mol. The molecule has 0 aromatic carbocycles. The Bertz CT molecular complexity index is 711. The van der Waals surface area contributed by atoms with Crippen molar-refractivity contribution in [1.29, 1.82) is 0 Å². The number of aromatic nitrogens is 4. The zero-order valence-corrected chi connectivity index (χ0v) is 14.8. The van der Waals surface area contributed by atoms with Gasteiger partial charge in [-0.15, -0.1) is 10.2 Å². The summed E-state index contributed by atoms with van der Waals surface area (Å²) in [7, 11) is 1.78. The summed E-state index contributed by atoms with van der Waals surface area (Å²) in [5, 5.41) is 19.1. The number of hydrogen-bond acceptors (Lipinski definition) is 5. The molecule has 0 saturated heterocycles. The Labute approximate surface area is 141 Å². The molecule has 2 N–H and O–H groups in total. The minimum absolute atomic E-state index is 0.546. The van der Waals surface area contributed by atoms with Crippen molar-refractivity contribution in [1.82, 2.24) is 30.6 Å². The zero-order chi connectivity index (χ0) is 17.1. The standard InChI is InChI=1S/C16H25N7O/c1-10-14(11(2)24-22-10)8-19-16(17-4)18-7-13-5-6-15-21-20-12(3)23(15)9-13/h13H,5-9H2,1-4H3,(H2,17,18,19). The van der Waals surface area contributed by atoms with Crippen LogP contribution in [-0.2, 0) is 19.5 Å². The number of fused-ring (bicyclic) bond motifs is 1. The lowest BCUT2D eigenvalue weighted by molar-refractivity contribution is 0.358. The van der Waals surface area contributed by atoms with Gasteiger partial charge in [-0.1, -0.05) is 5.16 Å². The van der Waals surface area contributed by atoms with Crippen LogP contribution in [0.4, 0.5) is 0 Å². The summed E-state index contributed by atoms with van der Waals surface area (Å²) in [5.41, 5.74) is 2.00. The van der Waals surface area contributed by atoms with Gasteiger partial charge in [-0.25, -0.2) is 0 Å². The summed E-state index contributed by atoms with van der Waals surface area (Å²) in [6, 6.07) is 0. The molecule has 8 heteroatoms. The van der Waals surface area contributed by atoms with Gasteiger partial charge in [0.2, 0.25) is 0 Å². The lowest BCUT2D eigenvalue weighted by atomic mass is 9.99. The van der Waals surface area contributed by atoms with Gasteiger partial charge in [-0.3, -0.25) is 4.99 Å². The molecule has 1 aliphatic rings. The summed E-state index contributed by atoms with van der Waals surface area (Å²) in [6.45, 7) is 8.37. The number of nitrogens with one attached hydrogen (secondary N) is 2. The van der Waals surface area contributed by atoms with Crippen molar-refractivity contribution in [2.75, 3.05) is 13.6 Å². The molecule has 0 spiro atoms. The third-order valence-corrected chi connectivity index (χ3v) is 4.62. The summed E-state index contributed by atoms with van der Waals surface area (Å²) in [5.74, 6) is 4.28. The number of hydrogen-bond donors (Lipinski definition) is 2. The van der Waals surface area contributed by atoms with Gasteiger partial charge in [0, 0.05) is 38.7 Å². The molecule has 0 saturated carbocycles. The van der Waals surface area contributed by atoms with Gasteiger partial charge in [0.1, 0.15) is 17.4 Å². The van der Waals surface area contributed by atoms with E-state index >= 15 is 0 Å². The maximum atomic E-state index is 5.19. The topological polar surface area (TPSA) is 93.2 Å². The molecule has 0 bridgehead atoms. The number of nitrogens with zero attached hydrogens (tertiary/aromatic N) is 5. The summed E-state index contributed by atoms with van der Waals surface area (Å²) in [4.78, 5) is 4.29. The van der Waals surface area contributed by atoms with E-state index in [2.05, 4.69) is 35.5 Å². The van der Waals surface area contributed by atoms with Crippen LogP contribution in [0.2, 0.25) is 0 Å². The van der Waals surface area contributed by atoms with E-state index in [1.54, 1.807) is 7.05 Å². The van der Waals surface area contributed by atoms with E-state index in [0.717, 1.165) is 60.6 Å². The first-order valence-electron chi connectivity index (χ1n) is 8.33. The maximum absolute atomic E-state index is 5.19. The van der Waals surface area contributed by atoms with Crippen LogP contribution in [0, 0.1) is 26.7 Å². The largest absolute Gasteiger partial charge is 0.361 e. The Kier molecular flexibility index (Phi) is 4.82. The number of aryl methyl sites for hydroxylation is 4. The van der Waals surface area contributed by atoms with Crippen LogP contribution in [0.5, 0.6) is 0 Å². The Morgan fingerprint density at radius 1 is 1.29 bits per heavy atom. The Balaban J connectivity index is 1.51. The second kappa shape index (κ2) is 7.02. The van der Waals surface area contributed by atoms with E-state index in [0.29, 0.717) is 12.5 Å². The third kappa shape index (κ3) is 3.42. The molecular formula is C16H25N7O. The summed E-state index contributed by atoms with van der Waals surface area (Å²) >= 11 is 0. The maximum Gasteiger partial charge on any atom is 0.191 e. The highest BCUT2D eigenvalue weighted by Crippen LogP contribution is 2.19. The molecule has 1 unspecified atom stereocenters. The SMILES string of the molecule is CN=C(NCc1c(C)noc1C)NCC1CCc2nnc(C)n2C1. The second-order valence-corrected chi connectivity index (χ2v) is 6.29. The predicted molar refractivity (Wildman–Crippen MR) is 90.7 cm³/mol. The predicted octanol–water partition coefficient (Wildman–Crippen LogP) is 1.12. The van der Waals surface area contributed by atoms with Gasteiger partial charge in [0.15, 0.2) is 5.96 Å². The van der Waals surface area contributed by atoms with Gasteiger partial charge in [0.25, 0.3) is 0 Å². The van der Waals surface area contributed by atoms with Crippen LogP contribution in [0.15, 0.2) is 9.52 Å². The first-order valence-corrected chi connectivity index (χ1v) is 8.33. The highest BCUT2D eigenvalue weighted by Gasteiger charge is 2.21. The lowest BCUT2D eigenvalue weighted by Crippen LogP contribution is -2.41.